The van der Waals surface area contributed by atoms with Crippen LogP contribution in [-0.2, 0) is 43.4 Å². The van der Waals surface area contributed by atoms with Crippen LogP contribution in [0.1, 0.15) is 105 Å². The molecule has 11 N–H and O–H groups in total. The number of aromatic amines is 1. The lowest BCUT2D eigenvalue weighted by Gasteiger charge is -2.43. The molecule has 1 fully saturated rings. The molecule has 0 saturated carbocycles. The summed E-state index contributed by atoms with van der Waals surface area (Å²) in [5.74, 6) is -1.32. The maximum atomic E-state index is 13.8. The lowest BCUT2D eigenvalue weighted by Crippen LogP contribution is -2.49. The predicted molar refractivity (Wildman–Crippen MR) is 294 cm³/mol. The Bertz CT molecular complexity index is 3940. The van der Waals surface area contributed by atoms with E-state index in [-0.39, 0.29) is 52.4 Å². The number of ether oxygens (including phenoxy) is 3. The minimum atomic E-state index is -5.96. The molecule has 2 amide bonds. The SMILES string of the molecule is CCN1c2cc3c(cc2C(C)=CC1(C)C)C(c1ccc(C(=O)NCCNC(=O)O[C@H]2[C@@H](O)[C@H]([n+]4cn(C)c5c(=O)[nH]c(N)nc54)O[C@@H]2COP(=O)(O)OP(=O)(O)OP(=O)(O)O)cc1C(=O)O)=c1cc2c(cc1O3)=[N+](CC)C(C)(C)C=C2C. The fourth-order valence-corrected chi connectivity index (χ4v) is 14.4. The second kappa shape index (κ2) is 21.7. The van der Waals surface area contributed by atoms with E-state index >= 15 is 0 Å². The van der Waals surface area contributed by atoms with Gasteiger partial charge in [0.25, 0.3) is 17.4 Å². The summed E-state index contributed by atoms with van der Waals surface area (Å²) in [5, 5.41) is 29.1. The van der Waals surface area contributed by atoms with Crippen molar-refractivity contribution in [3.8, 4) is 11.5 Å². The first kappa shape index (κ1) is 59.7. The molecule has 0 aliphatic carbocycles. The van der Waals surface area contributed by atoms with Crippen LogP contribution in [0, 0.1) is 0 Å². The molecule has 6 heterocycles. The van der Waals surface area contributed by atoms with Crippen molar-refractivity contribution in [3.63, 3.8) is 0 Å². The number of allylic oxidation sites excluding steroid dienone is 2. The highest BCUT2D eigenvalue weighted by Crippen LogP contribution is 2.66. The summed E-state index contributed by atoms with van der Waals surface area (Å²) in [6, 6.07) is 12.4. The number of carbonyl (C=O) groups is 3. The van der Waals surface area contributed by atoms with E-state index in [1.54, 1.807) is 6.07 Å². The van der Waals surface area contributed by atoms with Crippen LogP contribution in [0.15, 0.2) is 65.7 Å². The number of fused-ring (bicyclic) bond motifs is 5. The number of carboxylic acids is 1. The number of rotatable bonds is 17. The van der Waals surface area contributed by atoms with Crippen LogP contribution < -0.4 is 51.3 Å². The number of phosphoric ester groups is 1. The zero-order chi connectivity index (χ0) is 59.9. The maximum absolute atomic E-state index is 13.8. The lowest BCUT2D eigenvalue weighted by atomic mass is 9.83. The first-order valence-electron chi connectivity index (χ1n) is 25.6. The Kier molecular flexibility index (Phi) is 15.8. The minimum Gasteiger partial charge on any atom is -0.478 e. The molecule has 438 valence electrons. The van der Waals surface area contributed by atoms with Crippen molar-refractivity contribution in [1.29, 1.82) is 0 Å². The molecule has 5 aromatic rings. The first-order chi connectivity index (χ1) is 38.2. The van der Waals surface area contributed by atoms with Crippen LogP contribution in [0.3, 0.4) is 0 Å². The van der Waals surface area contributed by atoms with Crippen LogP contribution >= 0.6 is 23.5 Å². The van der Waals surface area contributed by atoms with Gasteiger partial charge in [-0.25, -0.2) is 32.4 Å². The number of aromatic carboxylic acids is 1. The van der Waals surface area contributed by atoms with E-state index in [9.17, 15) is 52.9 Å². The van der Waals surface area contributed by atoms with E-state index in [0.717, 1.165) is 37.9 Å². The molecular formula is C51H62N9O19P3+2. The smallest absolute Gasteiger partial charge is 0.478 e. The number of phosphoric acid groups is 3. The van der Waals surface area contributed by atoms with Crippen molar-refractivity contribution in [3.05, 3.63) is 115 Å². The fourth-order valence-electron chi connectivity index (χ4n) is 11.3. The van der Waals surface area contributed by atoms with Gasteiger partial charge < -0.3 is 65.3 Å². The third-order valence-corrected chi connectivity index (χ3v) is 18.2. The highest BCUT2D eigenvalue weighted by Gasteiger charge is 2.52. The molecule has 0 radical (unpaired) electrons. The second-order valence-corrected chi connectivity index (χ2v) is 25.4. The molecule has 4 aliphatic rings. The van der Waals surface area contributed by atoms with Crippen LogP contribution in [-0.4, -0.2) is 124 Å². The minimum absolute atomic E-state index is 0.0350. The Labute approximate surface area is 467 Å². The zero-order valence-electron chi connectivity index (χ0n) is 45.8. The number of nitrogens with zero attached hydrogens (tertiary/aromatic N) is 5. The van der Waals surface area contributed by atoms with E-state index in [1.807, 2.05) is 38.1 Å². The number of aromatic nitrogens is 4. The summed E-state index contributed by atoms with van der Waals surface area (Å²) >= 11 is 0. The summed E-state index contributed by atoms with van der Waals surface area (Å²) in [7, 11) is -16.0. The van der Waals surface area contributed by atoms with Gasteiger partial charge >= 0.3 is 41.2 Å². The number of benzene rings is 3. The van der Waals surface area contributed by atoms with E-state index in [1.165, 1.54) is 30.1 Å². The standard InChI is InChI=1S/C51H60N9O19P3/c1-10-59-34-19-36-32(17-29(34)25(3)21-50(59,5)6)39(33-18-30-26(4)22-51(7,8)60(11-2)35(30)20-37(33)75-36)28-13-12-27(16-31(28)47(64)65)44(62)53-14-15-54-49(66)77-42-38(23-74-81(70,71)79-82(72,73)78-80(67,68)69)76-46(41(42)61)58-24-57(9)40-43(58)55-48(52)56-45(40)63/h12-13,16-22,24,38,41-42,46,61H,10-11,14-15,23H2,1-9H3,(H8-2,52,53,54,55,56,62,63,64,65,66,67,68,69,70,71,72,73)/p+2/t38-,41-,42-,46-/m1/s1. The Morgan fingerprint density at radius 1 is 0.890 bits per heavy atom. The maximum Gasteiger partial charge on any atom is 0.490 e. The normalized spacial score (nSPS) is 21.2. The third kappa shape index (κ3) is 11.6. The van der Waals surface area contributed by atoms with Crippen LogP contribution in [0.25, 0.3) is 27.9 Å². The molecule has 2 unspecified atom stereocenters. The Morgan fingerprint density at radius 2 is 1.59 bits per heavy atom. The summed E-state index contributed by atoms with van der Waals surface area (Å²) in [6.07, 6.45) is -2.69. The van der Waals surface area contributed by atoms with Crippen molar-refractivity contribution in [2.75, 3.05) is 43.4 Å². The van der Waals surface area contributed by atoms with Crippen molar-refractivity contribution in [2.45, 2.75) is 91.0 Å². The lowest BCUT2D eigenvalue weighted by molar-refractivity contribution is -0.745. The van der Waals surface area contributed by atoms with Crippen molar-refractivity contribution < 1.29 is 89.8 Å². The average Bonchev–Trinajstić information content (AvgIpc) is 1.26. The number of nitrogens with two attached hydrogens (primary N) is 1. The number of aliphatic hydroxyl groups is 1. The number of carbonyl (C=O) groups excluding carboxylic acids is 2. The molecule has 9 rings (SSSR count). The number of nitrogens with one attached hydrogen (secondary N) is 3. The number of amides is 2. The van der Waals surface area contributed by atoms with E-state index in [4.69, 9.17) is 34.3 Å². The number of likely N-dealkylation sites (N-methyl/N-ethyl adjacent to an activating group) is 2. The Hall–Kier alpha value is -6.90. The molecular weight excluding hydrogens is 1140 g/mol. The number of carboxylic acid groups (broad SMARTS) is 1. The number of alkyl carbamates (subject to hydrolysis) is 1. The van der Waals surface area contributed by atoms with Gasteiger partial charge in [-0.2, -0.15) is 8.62 Å². The molecule has 6 atom stereocenters. The molecule has 28 nitrogen and oxygen atoms in total. The number of anilines is 2. The Balaban J connectivity index is 0.968. The van der Waals surface area contributed by atoms with Gasteiger partial charge in [0.05, 0.1) is 30.8 Å². The van der Waals surface area contributed by atoms with Gasteiger partial charge in [-0.15, -0.1) is 0 Å². The second-order valence-electron chi connectivity index (χ2n) is 21.0. The number of aliphatic hydroxyl groups excluding tert-OH is 1. The van der Waals surface area contributed by atoms with Crippen LogP contribution in [0.4, 0.5) is 16.4 Å². The van der Waals surface area contributed by atoms with Gasteiger partial charge in [0.2, 0.25) is 17.1 Å². The van der Waals surface area contributed by atoms with E-state index in [2.05, 4.69) is 92.4 Å². The van der Waals surface area contributed by atoms with E-state index < -0.39 is 78.1 Å². The van der Waals surface area contributed by atoms with Crippen molar-refractivity contribution in [1.82, 2.24) is 29.7 Å². The van der Waals surface area contributed by atoms with Gasteiger partial charge in [-0.3, -0.25) is 23.7 Å². The molecule has 1 saturated heterocycles. The van der Waals surface area contributed by atoms with Gasteiger partial charge in [-0.1, -0.05) is 17.1 Å². The van der Waals surface area contributed by atoms with E-state index in [0.29, 0.717) is 46.5 Å². The monoisotopic (exact) mass is 1200 g/mol. The highest BCUT2D eigenvalue weighted by atomic mass is 31.3. The molecule has 3 aromatic carbocycles. The largest absolute Gasteiger partial charge is 0.490 e. The molecule has 0 spiro atoms. The van der Waals surface area contributed by atoms with Crippen LogP contribution in [0.5, 0.6) is 11.5 Å². The van der Waals surface area contributed by atoms with Gasteiger partial charge in [0.15, 0.2) is 24.1 Å². The zero-order valence-corrected chi connectivity index (χ0v) is 48.4. The Morgan fingerprint density at radius 3 is 2.26 bits per heavy atom. The first-order valence-corrected chi connectivity index (χ1v) is 30.1. The molecule has 31 heteroatoms. The predicted octanol–water partition coefficient (Wildman–Crippen LogP) is 3.04. The van der Waals surface area contributed by atoms with Gasteiger partial charge in [0.1, 0.15) is 24.1 Å². The number of hydrogen-bond acceptors (Lipinski definition) is 17. The summed E-state index contributed by atoms with van der Waals surface area (Å²) in [6.45, 7) is 16.4. The molecule has 4 aliphatic heterocycles. The van der Waals surface area contributed by atoms with Gasteiger partial charge in [0, 0.05) is 78.3 Å². The van der Waals surface area contributed by atoms with Crippen LogP contribution in [0.2, 0.25) is 0 Å². The third-order valence-electron chi connectivity index (χ3n) is 14.4. The highest BCUT2D eigenvalue weighted by molar-refractivity contribution is 7.66. The molecule has 0 bridgehead atoms. The summed E-state index contributed by atoms with van der Waals surface area (Å²) in [5.41, 5.74) is 10.5. The molecule has 2 aromatic heterocycles. The number of aryl methyl sites for hydroxylation is 1. The number of H-pyrrole nitrogens is 1. The number of nitrogen functional groups attached to an aromatic ring is 1. The molecule has 82 heavy (non-hydrogen) atoms. The van der Waals surface area contributed by atoms with Crippen molar-refractivity contribution in [2.24, 2.45) is 7.05 Å². The summed E-state index contributed by atoms with van der Waals surface area (Å²) < 4.78 is 71.0. The topological polar surface area (TPSA) is 390 Å². The summed E-state index contributed by atoms with van der Waals surface area (Å²) in [4.78, 5) is 99.7. The van der Waals surface area contributed by atoms with Crippen molar-refractivity contribution >= 4 is 81.0 Å². The fraction of sp³-hybridized carbons (Fsp3) is 0.392. The van der Waals surface area contributed by atoms with Gasteiger partial charge in [-0.05, 0) is 88.6 Å². The number of imidazole rings is 1. The number of hydrogen-bond donors (Lipinski definition) is 10. The quantitative estimate of drug-likeness (QED) is 0.0356. The average molecular weight is 1200 g/mol.